The van der Waals surface area contributed by atoms with E-state index >= 15 is 0 Å². The molecule has 104 valence electrons. The van der Waals surface area contributed by atoms with Crippen LogP contribution in [0, 0.1) is 6.92 Å². The number of aromatic carboxylic acids is 1. The molecular weight excluding hydrogens is 344 g/mol. The highest BCUT2D eigenvalue weighted by atomic mass is 79.9. The molecule has 3 nitrogen and oxygen atoms in total. The van der Waals surface area contributed by atoms with Crippen LogP contribution in [0.3, 0.4) is 0 Å². The van der Waals surface area contributed by atoms with Gasteiger partial charge < -0.3 is 9.84 Å². The van der Waals surface area contributed by atoms with Gasteiger partial charge in [-0.15, -0.1) is 0 Å². The highest BCUT2D eigenvalue weighted by molar-refractivity contribution is 9.10. The lowest BCUT2D eigenvalue weighted by Gasteiger charge is -2.11. The molecule has 1 N–H and O–H groups in total. The zero-order valence-electron chi connectivity index (χ0n) is 10.7. The van der Waals surface area contributed by atoms with Gasteiger partial charge in [-0.05, 0) is 42.8 Å². The molecule has 0 aliphatic rings. The summed E-state index contributed by atoms with van der Waals surface area (Å²) in [7, 11) is 0. The van der Waals surface area contributed by atoms with Crippen molar-refractivity contribution in [2.24, 2.45) is 0 Å². The van der Waals surface area contributed by atoms with E-state index < -0.39 is 5.97 Å². The van der Waals surface area contributed by atoms with Crippen LogP contribution in [0.25, 0.3) is 0 Å². The number of aryl methyl sites for hydroxylation is 1. The molecule has 0 fully saturated rings. The molecule has 0 aliphatic heterocycles. The van der Waals surface area contributed by atoms with E-state index in [9.17, 15) is 4.79 Å². The van der Waals surface area contributed by atoms with Gasteiger partial charge in [0.1, 0.15) is 12.4 Å². The van der Waals surface area contributed by atoms with Gasteiger partial charge in [0.25, 0.3) is 0 Å². The fraction of sp³-hybridized carbons (Fsp3) is 0.133. The van der Waals surface area contributed by atoms with Crippen molar-refractivity contribution in [3.05, 3.63) is 62.6 Å². The smallest absolute Gasteiger partial charge is 0.335 e. The van der Waals surface area contributed by atoms with Crippen molar-refractivity contribution in [2.75, 3.05) is 0 Å². The van der Waals surface area contributed by atoms with Crippen LogP contribution < -0.4 is 4.74 Å². The summed E-state index contributed by atoms with van der Waals surface area (Å²) in [6.45, 7) is 2.27. The second-order valence-electron chi connectivity index (χ2n) is 4.31. The number of carbonyl (C=O) groups is 1. The summed E-state index contributed by atoms with van der Waals surface area (Å²) in [4.78, 5) is 10.9. The molecule has 0 amide bonds. The van der Waals surface area contributed by atoms with Crippen LogP contribution in [-0.4, -0.2) is 11.1 Å². The van der Waals surface area contributed by atoms with Gasteiger partial charge >= 0.3 is 5.97 Å². The Kier molecular flexibility index (Phi) is 4.68. The topological polar surface area (TPSA) is 46.5 Å². The number of hydrogen-bond acceptors (Lipinski definition) is 2. The van der Waals surface area contributed by atoms with Crippen molar-refractivity contribution >= 4 is 33.5 Å². The van der Waals surface area contributed by atoms with E-state index in [0.29, 0.717) is 16.1 Å². The third-order valence-electron chi connectivity index (χ3n) is 2.82. The Hall–Kier alpha value is -1.52. The first-order valence-corrected chi connectivity index (χ1v) is 7.05. The zero-order chi connectivity index (χ0) is 14.7. The predicted molar refractivity (Wildman–Crippen MR) is 81.6 cm³/mol. The maximum atomic E-state index is 10.9. The molecule has 2 rings (SSSR count). The molecule has 0 saturated heterocycles. The number of carboxylic acid groups (broad SMARTS) is 1. The van der Waals surface area contributed by atoms with E-state index in [-0.39, 0.29) is 5.56 Å². The largest absolute Gasteiger partial charge is 0.489 e. The monoisotopic (exact) mass is 354 g/mol. The Bertz CT molecular complexity index is 656. The van der Waals surface area contributed by atoms with Crippen LogP contribution in [0.1, 0.15) is 21.5 Å². The van der Waals surface area contributed by atoms with Gasteiger partial charge in [0, 0.05) is 15.1 Å². The molecule has 0 aliphatic carbocycles. The van der Waals surface area contributed by atoms with Gasteiger partial charge in [-0.2, -0.15) is 0 Å². The molecule has 0 bridgehead atoms. The van der Waals surface area contributed by atoms with E-state index in [1.165, 1.54) is 0 Å². The Morgan fingerprint density at radius 2 is 2.05 bits per heavy atom. The molecule has 0 heterocycles. The van der Waals surface area contributed by atoms with E-state index in [4.69, 9.17) is 21.4 Å². The number of benzene rings is 2. The van der Waals surface area contributed by atoms with Gasteiger partial charge in [0.05, 0.1) is 5.56 Å². The summed E-state index contributed by atoms with van der Waals surface area (Å²) in [5.41, 5.74) is 2.07. The van der Waals surface area contributed by atoms with Gasteiger partial charge in [0.2, 0.25) is 0 Å². The minimum absolute atomic E-state index is 0.239. The molecular formula is C15H12BrClO3. The number of carboxylic acids is 1. The van der Waals surface area contributed by atoms with Crippen LogP contribution in [0.2, 0.25) is 5.02 Å². The molecule has 0 unspecified atom stereocenters. The lowest BCUT2D eigenvalue weighted by atomic mass is 10.1. The molecule has 0 spiro atoms. The van der Waals surface area contributed by atoms with Gasteiger partial charge in [-0.1, -0.05) is 33.6 Å². The fourth-order valence-corrected chi connectivity index (χ4v) is 2.45. The molecule has 0 radical (unpaired) electrons. The van der Waals surface area contributed by atoms with Crippen molar-refractivity contribution in [1.29, 1.82) is 0 Å². The minimum Gasteiger partial charge on any atom is -0.489 e. The molecule has 2 aromatic rings. The number of rotatable bonds is 4. The highest BCUT2D eigenvalue weighted by Gasteiger charge is 2.08. The van der Waals surface area contributed by atoms with Crippen LogP contribution in [0.5, 0.6) is 5.75 Å². The number of ether oxygens (including phenoxy) is 1. The van der Waals surface area contributed by atoms with Crippen molar-refractivity contribution in [2.45, 2.75) is 13.5 Å². The lowest BCUT2D eigenvalue weighted by Crippen LogP contribution is -2.01. The average molecular weight is 356 g/mol. The summed E-state index contributed by atoms with van der Waals surface area (Å²) in [5.74, 6) is -0.199. The normalized spacial score (nSPS) is 10.3. The second kappa shape index (κ2) is 6.29. The van der Waals surface area contributed by atoms with Crippen molar-refractivity contribution in [3.8, 4) is 5.75 Å². The summed E-state index contributed by atoms with van der Waals surface area (Å²) in [5, 5.41) is 9.57. The van der Waals surface area contributed by atoms with Crippen LogP contribution in [0.15, 0.2) is 40.9 Å². The maximum Gasteiger partial charge on any atom is 0.335 e. The quantitative estimate of drug-likeness (QED) is 0.865. The lowest BCUT2D eigenvalue weighted by molar-refractivity contribution is 0.0696. The highest BCUT2D eigenvalue weighted by Crippen LogP contribution is 2.25. The summed E-state index contributed by atoms with van der Waals surface area (Å²) < 4.78 is 6.43. The Balaban J connectivity index is 2.13. The standard InChI is InChI=1S/C15H12BrClO3/c1-9-6-12(17)4-5-14(9)20-8-11-3-2-10(15(18)19)7-13(11)16/h2-7H,8H2,1H3,(H,18,19). The van der Waals surface area contributed by atoms with Crippen molar-refractivity contribution in [3.63, 3.8) is 0 Å². The Morgan fingerprint density at radius 1 is 1.30 bits per heavy atom. The van der Waals surface area contributed by atoms with E-state index in [0.717, 1.165) is 16.9 Å². The molecule has 20 heavy (non-hydrogen) atoms. The number of halogens is 2. The molecule has 2 aromatic carbocycles. The molecule has 5 heteroatoms. The fourth-order valence-electron chi connectivity index (χ4n) is 1.73. The average Bonchev–Trinajstić information content (AvgIpc) is 2.38. The maximum absolute atomic E-state index is 10.9. The first kappa shape index (κ1) is 14.9. The van der Waals surface area contributed by atoms with E-state index in [1.807, 2.05) is 19.1 Å². The second-order valence-corrected chi connectivity index (χ2v) is 5.60. The van der Waals surface area contributed by atoms with Crippen molar-refractivity contribution in [1.82, 2.24) is 0 Å². The van der Waals surface area contributed by atoms with Crippen LogP contribution in [0.4, 0.5) is 0 Å². The summed E-state index contributed by atoms with van der Waals surface area (Å²) in [6.07, 6.45) is 0. The first-order valence-electron chi connectivity index (χ1n) is 5.88. The number of hydrogen-bond donors (Lipinski definition) is 1. The molecule has 0 atom stereocenters. The predicted octanol–water partition coefficient (Wildman–Crippen LogP) is 4.69. The summed E-state index contributed by atoms with van der Waals surface area (Å²) >= 11 is 9.24. The third-order valence-corrected chi connectivity index (χ3v) is 3.79. The zero-order valence-corrected chi connectivity index (χ0v) is 13.0. The molecule has 0 saturated carbocycles. The van der Waals surface area contributed by atoms with Crippen LogP contribution in [-0.2, 0) is 6.61 Å². The molecule has 0 aromatic heterocycles. The van der Waals surface area contributed by atoms with Crippen LogP contribution >= 0.6 is 27.5 Å². The SMILES string of the molecule is Cc1cc(Cl)ccc1OCc1ccc(C(=O)O)cc1Br. The third kappa shape index (κ3) is 3.52. The van der Waals surface area contributed by atoms with Gasteiger partial charge in [-0.25, -0.2) is 4.79 Å². The summed E-state index contributed by atoms with van der Waals surface area (Å²) in [6, 6.07) is 10.3. The Morgan fingerprint density at radius 3 is 2.65 bits per heavy atom. The van der Waals surface area contributed by atoms with Gasteiger partial charge in [-0.3, -0.25) is 0 Å². The van der Waals surface area contributed by atoms with Crippen molar-refractivity contribution < 1.29 is 14.6 Å². The van der Waals surface area contributed by atoms with E-state index in [1.54, 1.807) is 24.3 Å². The van der Waals surface area contributed by atoms with Gasteiger partial charge in [0.15, 0.2) is 0 Å². The minimum atomic E-state index is -0.952. The van der Waals surface area contributed by atoms with E-state index in [2.05, 4.69) is 15.9 Å². The first-order chi connectivity index (χ1) is 9.47. The Labute approximate surface area is 130 Å².